The molecule has 30 heavy (non-hydrogen) atoms. The molecule has 0 N–H and O–H groups in total. The van der Waals surface area contributed by atoms with Gasteiger partial charge in [0.25, 0.3) is 5.91 Å². The number of nitrogens with zero attached hydrogens (tertiary/aromatic N) is 2. The fourth-order valence-electron chi connectivity index (χ4n) is 3.56. The maximum absolute atomic E-state index is 13.4. The van der Waals surface area contributed by atoms with E-state index in [2.05, 4.69) is 32.2 Å². The third kappa shape index (κ3) is 5.82. The molecule has 1 aromatic carbocycles. The number of piperazine rings is 1. The van der Waals surface area contributed by atoms with Crippen LogP contribution in [0.15, 0.2) is 51.5 Å². The highest BCUT2D eigenvalue weighted by Crippen LogP contribution is 2.40. The summed E-state index contributed by atoms with van der Waals surface area (Å²) in [6, 6.07) is 4.13. The van der Waals surface area contributed by atoms with E-state index in [1.165, 1.54) is 6.08 Å². The predicted molar refractivity (Wildman–Crippen MR) is 130 cm³/mol. The highest BCUT2D eigenvalue weighted by Gasteiger charge is 2.31. The van der Waals surface area contributed by atoms with Gasteiger partial charge in [0.05, 0.1) is 0 Å². The Morgan fingerprint density at radius 2 is 1.93 bits per heavy atom. The van der Waals surface area contributed by atoms with E-state index in [9.17, 15) is 9.59 Å². The van der Waals surface area contributed by atoms with E-state index < -0.39 is 0 Å². The van der Waals surface area contributed by atoms with Crippen molar-refractivity contribution in [1.29, 1.82) is 0 Å². The van der Waals surface area contributed by atoms with Crippen molar-refractivity contribution in [3.05, 3.63) is 63.3 Å². The normalized spacial score (nSPS) is 17.1. The standard InChI is InChI=1S/C24H32N2O2S2/c1-8-19-15-25(11-12-26(19)22(27)9-2)24(28)20-14-21(18(7)13-17(20)6)30-23(10-3)29-16(4)5/h9-10,13-14,19H,2,4,8,11-12,15H2,1,3,5-7H3/b23-10+/t19-/m1/s1. The summed E-state index contributed by atoms with van der Waals surface area (Å²) >= 11 is 3.32. The van der Waals surface area contributed by atoms with Crippen molar-refractivity contribution in [3.63, 3.8) is 0 Å². The quantitative estimate of drug-likeness (QED) is 0.395. The monoisotopic (exact) mass is 444 g/mol. The van der Waals surface area contributed by atoms with Gasteiger partial charge in [-0.05, 0) is 62.3 Å². The second kappa shape index (κ2) is 10.9. The first-order valence-corrected chi connectivity index (χ1v) is 11.9. The lowest BCUT2D eigenvalue weighted by atomic mass is 10.0. The Labute approximate surface area is 189 Å². The van der Waals surface area contributed by atoms with Gasteiger partial charge in [0.1, 0.15) is 0 Å². The molecule has 0 aliphatic carbocycles. The Hall–Kier alpha value is -1.92. The van der Waals surface area contributed by atoms with Crippen LogP contribution in [0.3, 0.4) is 0 Å². The number of rotatable bonds is 7. The molecule has 2 amide bonds. The largest absolute Gasteiger partial charge is 0.335 e. The van der Waals surface area contributed by atoms with Crippen LogP contribution in [0.2, 0.25) is 0 Å². The van der Waals surface area contributed by atoms with Crippen LogP contribution in [0, 0.1) is 13.8 Å². The smallest absolute Gasteiger partial charge is 0.254 e. The molecule has 1 saturated heterocycles. The highest BCUT2D eigenvalue weighted by atomic mass is 32.2. The molecule has 1 aliphatic heterocycles. The van der Waals surface area contributed by atoms with E-state index >= 15 is 0 Å². The summed E-state index contributed by atoms with van der Waals surface area (Å²) in [6.07, 6.45) is 4.24. The van der Waals surface area contributed by atoms with Gasteiger partial charge in [-0.15, -0.1) is 0 Å². The molecule has 0 spiro atoms. The minimum absolute atomic E-state index is 0.0226. The summed E-state index contributed by atoms with van der Waals surface area (Å²) < 4.78 is 1.15. The van der Waals surface area contributed by atoms with E-state index in [-0.39, 0.29) is 17.9 Å². The first-order valence-electron chi connectivity index (χ1n) is 10.2. The van der Waals surface area contributed by atoms with E-state index in [1.807, 2.05) is 43.6 Å². The summed E-state index contributed by atoms with van der Waals surface area (Å²) in [5.41, 5.74) is 2.87. The van der Waals surface area contributed by atoms with Gasteiger partial charge in [-0.2, -0.15) is 0 Å². The van der Waals surface area contributed by atoms with Gasteiger partial charge in [0.15, 0.2) is 0 Å². The number of carbonyl (C=O) groups excluding carboxylic acids is 2. The molecule has 1 aliphatic rings. The van der Waals surface area contributed by atoms with Crippen molar-refractivity contribution in [1.82, 2.24) is 9.80 Å². The van der Waals surface area contributed by atoms with Crippen LogP contribution in [0.1, 0.15) is 48.7 Å². The molecular formula is C24H32N2O2S2. The van der Waals surface area contributed by atoms with E-state index in [0.29, 0.717) is 19.6 Å². The number of aryl methyl sites for hydroxylation is 2. The average Bonchev–Trinajstić information content (AvgIpc) is 2.73. The second-order valence-electron chi connectivity index (χ2n) is 7.50. The Morgan fingerprint density at radius 3 is 2.50 bits per heavy atom. The topological polar surface area (TPSA) is 40.6 Å². The Bertz CT molecular complexity index is 876. The fourth-order valence-corrected chi connectivity index (χ4v) is 5.61. The molecule has 162 valence electrons. The number of benzene rings is 1. The maximum atomic E-state index is 13.4. The third-order valence-corrected chi connectivity index (χ3v) is 7.55. The Morgan fingerprint density at radius 1 is 1.23 bits per heavy atom. The van der Waals surface area contributed by atoms with Crippen LogP contribution in [-0.2, 0) is 4.79 Å². The van der Waals surface area contributed by atoms with Crippen molar-refractivity contribution >= 4 is 35.3 Å². The summed E-state index contributed by atoms with van der Waals surface area (Å²) in [5.74, 6) is -0.0267. The Balaban J connectivity index is 2.26. The van der Waals surface area contributed by atoms with Gasteiger partial charge in [0.2, 0.25) is 5.91 Å². The van der Waals surface area contributed by atoms with Crippen molar-refractivity contribution in [2.75, 3.05) is 19.6 Å². The number of hydrogen-bond donors (Lipinski definition) is 0. The van der Waals surface area contributed by atoms with Crippen molar-refractivity contribution in [2.45, 2.75) is 52.0 Å². The van der Waals surface area contributed by atoms with Crippen molar-refractivity contribution < 1.29 is 9.59 Å². The maximum Gasteiger partial charge on any atom is 0.254 e. The summed E-state index contributed by atoms with van der Waals surface area (Å²) in [7, 11) is 0. The number of thioether (sulfide) groups is 2. The minimum atomic E-state index is -0.0620. The summed E-state index contributed by atoms with van der Waals surface area (Å²) in [6.45, 7) is 19.3. The SMILES string of the molecule is C=CC(=O)N1CCN(C(=O)c2cc(S/C(=C/C)SC(=C)C)c(C)cc2C)C[C@H]1CC. The zero-order chi connectivity index (χ0) is 22.4. The molecule has 1 fully saturated rings. The van der Waals surface area contributed by atoms with Crippen LogP contribution < -0.4 is 0 Å². The number of allylic oxidation sites excluding steroid dienone is 2. The van der Waals surface area contributed by atoms with Gasteiger partial charge in [-0.1, -0.05) is 55.7 Å². The molecule has 2 rings (SSSR count). The van der Waals surface area contributed by atoms with Gasteiger partial charge in [-0.25, -0.2) is 0 Å². The fraction of sp³-hybridized carbons (Fsp3) is 0.417. The predicted octanol–water partition coefficient (Wildman–Crippen LogP) is 5.77. The number of carbonyl (C=O) groups is 2. The third-order valence-electron chi connectivity index (χ3n) is 5.17. The Kier molecular flexibility index (Phi) is 8.86. The molecule has 0 saturated carbocycles. The van der Waals surface area contributed by atoms with Crippen molar-refractivity contribution in [2.24, 2.45) is 0 Å². The molecular weight excluding hydrogens is 412 g/mol. The first-order chi connectivity index (χ1) is 14.2. The highest BCUT2D eigenvalue weighted by molar-refractivity contribution is 8.24. The zero-order valence-corrected chi connectivity index (χ0v) is 20.3. The lowest BCUT2D eigenvalue weighted by molar-refractivity contribution is -0.130. The van der Waals surface area contributed by atoms with Crippen LogP contribution in [0.4, 0.5) is 0 Å². The van der Waals surface area contributed by atoms with E-state index in [0.717, 1.165) is 37.1 Å². The number of amides is 2. The lowest BCUT2D eigenvalue weighted by Gasteiger charge is -2.41. The molecule has 4 nitrogen and oxygen atoms in total. The van der Waals surface area contributed by atoms with Crippen LogP contribution in [-0.4, -0.2) is 47.3 Å². The van der Waals surface area contributed by atoms with Crippen LogP contribution in [0.25, 0.3) is 0 Å². The molecule has 1 heterocycles. The second-order valence-corrected chi connectivity index (χ2v) is 10.2. The molecule has 1 aromatic rings. The van der Waals surface area contributed by atoms with Gasteiger partial charge in [-0.3, -0.25) is 9.59 Å². The van der Waals surface area contributed by atoms with E-state index in [4.69, 9.17) is 0 Å². The van der Waals surface area contributed by atoms with Crippen LogP contribution in [0.5, 0.6) is 0 Å². The van der Waals surface area contributed by atoms with E-state index in [1.54, 1.807) is 23.5 Å². The number of hydrogen-bond acceptors (Lipinski definition) is 4. The summed E-state index contributed by atoms with van der Waals surface area (Å²) in [4.78, 5) is 31.3. The molecule has 0 unspecified atom stereocenters. The molecule has 6 heteroatoms. The molecule has 0 radical (unpaired) electrons. The van der Waals surface area contributed by atoms with Crippen molar-refractivity contribution in [3.8, 4) is 0 Å². The molecule has 0 bridgehead atoms. The molecule has 1 atom stereocenters. The average molecular weight is 445 g/mol. The first kappa shape index (κ1) is 24.4. The van der Waals surface area contributed by atoms with Gasteiger partial charge >= 0.3 is 0 Å². The van der Waals surface area contributed by atoms with Gasteiger partial charge < -0.3 is 9.80 Å². The molecule has 0 aromatic heterocycles. The lowest BCUT2D eigenvalue weighted by Crippen LogP contribution is -2.56. The minimum Gasteiger partial charge on any atom is -0.335 e. The summed E-state index contributed by atoms with van der Waals surface area (Å²) in [5, 5.41) is 0. The van der Waals surface area contributed by atoms with Crippen LogP contribution >= 0.6 is 23.5 Å². The van der Waals surface area contributed by atoms with Gasteiger partial charge in [0, 0.05) is 40.4 Å². The zero-order valence-electron chi connectivity index (χ0n) is 18.7.